The molecule has 0 saturated carbocycles. The van der Waals surface area contributed by atoms with Crippen LogP contribution in [0.5, 0.6) is 5.75 Å². The van der Waals surface area contributed by atoms with Crippen molar-refractivity contribution in [3.63, 3.8) is 0 Å². The molecule has 25 heavy (non-hydrogen) atoms. The molecule has 1 aromatic carbocycles. The van der Waals surface area contributed by atoms with E-state index in [1.165, 1.54) is 31.2 Å². The first kappa shape index (κ1) is 18.5. The number of carbonyl (C=O) groups is 1. The summed E-state index contributed by atoms with van der Waals surface area (Å²) in [5.41, 5.74) is 1.21. The Morgan fingerprint density at radius 1 is 1.24 bits per heavy atom. The van der Waals surface area contributed by atoms with E-state index in [9.17, 15) is 4.79 Å². The zero-order valence-corrected chi connectivity index (χ0v) is 15.8. The van der Waals surface area contributed by atoms with Crippen molar-refractivity contribution in [2.24, 2.45) is 5.92 Å². The topological polar surface area (TPSA) is 41.6 Å². The van der Waals surface area contributed by atoms with Gasteiger partial charge in [0.1, 0.15) is 5.75 Å². The van der Waals surface area contributed by atoms with E-state index in [0.717, 1.165) is 31.6 Å². The van der Waals surface area contributed by atoms with Gasteiger partial charge in [0, 0.05) is 25.0 Å². The molecule has 3 heterocycles. The number of likely N-dealkylation sites (tertiary alicyclic amines) is 1. The Morgan fingerprint density at radius 3 is 2.72 bits per heavy atom. The van der Waals surface area contributed by atoms with E-state index in [0.29, 0.717) is 23.9 Å². The van der Waals surface area contributed by atoms with E-state index in [-0.39, 0.29) is 18.4 Å². The normalized spacial score (nSPS) is 30.8. The third-order valence-electron chi connectivity index (χ3n) is 6.09. The van der Waals surface area contributed by atoms with Crippen LogP contribution in [0, 0.1) is 5.92 Å². The van der Waals surface area contributed by atoms with Crippen molar-refractivity contribution in [2.45, 2.75) is 63.1 Å². The van der Waals surface area contributed by atoms with Gasteiger partial charge < -0.3 is 15.0 Å². The van der Waals surface area contributed by atoms with Crippen molar-refractivity contribution in [1.82, 2.24) is 10.2 Å². The molecule has 0 aliphatic carbocycles. The number of ether oxygens (including phenoxy) is 1. The Bertz CT molecular complexity index is 597. The number of halogens is 1. The summed E-state index contributed by atoms with van der Waals surface area (Å²) in [6, 6.07) is 9.76. The Hall–Kier alpha value is -1.26. The van der Waals surface area contributed by atoms with Crippen LogP contribution in [-0.4, -0.2) is 36.5 Å². The lowest BCUT2D eigenvalue weighted by Gasteiger charge is -2.31. The van der Waals surface area contributed by atoms with Gasteiger partial charge in [0.05, 0.1) is 13.2 Å². The third-order valence-corrected chi connectivity index (χ3v) is 6.09. The number of nitrogens with one attached hydrogen (secondary N) is 1. The lowest BCUT2D eigenvalue weighted by molar-refractivity contribution is -0.133. The Balaban J connectivity index is 0.00000182. The summed E-state index contributed by atoms with van der Waals surface area (Å²) in [7, 11) is 1.70. The second kappa shape index (κ2) is 7.96. The SMILES string of the molecule is COc1cccc(C2CCCN2C(=O)CC2CC3CCC(C2)N3)c1.Cl. The molecule has 3 unspecified atom stereocenters. The number of methoxy groups -OCH3 is 1. The molecule has 1 amide bonds. The summed E-state index contributed by atoms with van der Waals surface area (Å²) >= 11 is 0. The number of rotatable bonds is 4. The number of hydrogen-bond donors (Lipinski definition) is 1. The summed E-state index contributed by atoms with van der Waals surface area (Å²) in [5.74, 6) is 1.80. The number of nitrogens with zero attached hydrogens (tertiary/aromatic N) is 1. The highest BCUT2D eigenvalue weighted by Gasteiger charge is 2.36. The number of carbonyl (C=O) groups excluding carboxylic acids is 1. The Morgan fingerprint density at radius 2 is 2.00 bits per heavy atom. The minimum atomic E-state index is 0. The zero-order chi connectivity index (χ0) is 16.5. The molecule has 138 valence electrons. The van der Waals surface area contributed by atoms with Crippen LogP contribution in [0.15, 0.2) is 24.3 Å². The van der Waals surface area contributed by atoms with Gasteiger partial charge in [-0.2, -0.15) is 0 Å². The minimum absolute atomic E-state index is 0. The van der Waals surface area contributed by atoms with Crippen molar-refractivity contribution in [1.29, 1.82) is 0 Å². The molecule has 1 aromatic rings. The van der Waals surface area contributed by atoms with Gasteiger partial charge in [0.25, 0.3) is 0 Å². The van der Waals surface area contributed by atoms with Gasteiger partial charge in [-0.15, -0.1) is 12.4 Å². The highest BCUT2D eigenvalue weighted by molar-refractivity contribution is 5.85. The number of amides is 1. The van der Waals surface area contributed by atoms with Crippen molar-refractivity contribution in [2.75, 3.05) is 13.7 Å². The molecule has 0 radical (unpaired) electrons. The predicted octanol–water partition coefficient (Wildman–Crippen LogP) is 3.70. The summed E-state index contributed by atoms with van der Waals surface area (Å²) in [4.78, 5) is 15.1. The first-order valence-corrected chi connectivity index (χ1v) is 9.42. The standard InChI is InChI=1S/C20H28N2O2.ClH/c1-24-18-5-2-4-15(13-18)19-6-3-9-22(19)20(23)12-14-10-16-7-8-17(11-14)21-16;/h2,4-5,13-14,16-17,19,21H,3,6-12H2,1H3;1H. The smallest absolute Gasteiger partial charge is 0.223 e. The van der Waals surface area contributed by atoms with E-state index < -0.39 is 0 Å². The average molecular weight is 365 g/mol. The Kier molecular flexibility index (Phi) is 5.90. The van der Waals surface area contributed by atoms with Gasteiger partial charge in [-0.1, -0.05) is 12.1 Å². The molecule has 3 aliphatic rings. The number of benzene rings is 1. The van der Waals surface area contributed by atoms with Gasteiger partial charge in [0.15, 0.2) is 0 Å². The molecular weight excluding hydrogens is 336 g/mol. The van der Waals surface area contributed by atoms with Crippen molar-refractivity contribution < 1.29 is 9.53 Å². The fraction of sp³-hybridized carbons (Fsp3) is 0.650. The summed E-state index contributed by atoms with van der Waals surface area (Å²) in [6.07, 6.45) is 7.85. The van der Waals surface area contributed by atoms with E-state index in [2.05, 4.69) is 22.3 Å². The van der Waals surface area contributed by atoms with Crippen LogP contribution in [-0.2, 0) is 4.79 Å². The van der Waals surface area contributed by atoms with Crippen LogP contribution in [0.25, 0.3) is 0 Å². The maximum Gasteiger partial charge on any atom is 0.223 e. The number of piperidine rings is 1. The van der Waals surface area contributed by atoms with Gasteiger partial charge in [-0.25, -0.2) is 0 Å². The monoisotopic (exact) mass is 364 g/mol. The lowest BCUT2D eigenvalue weighted by Crippen LogP contribution is -2.40. The van der Waals surface area contributed by atoms with Gasteiger partial charge >= 0.3 is 0 Å². The summed E-state index contributed by atoms with van der Waals surface area (Å²) < 4.78 is 5.35. The second-order valence-electron chi connectivity index (χ2n) is 7.70. The van der Waals surface area contributed by atoms with Crippen molar-refractivity contribution in [3.05, 3.63) is 29.8 Å². The fourth-order valence-electron chi connectivity index (χ4n) is 4.97. The Labute approximate surface area is 156 Å². The molecule has 0 spiro atoms. The molecule has 3 fully saturated rings. The quantitative estimate of drug-likeness (QED) is 0.885. The molecule has 5 heteroatoms. The first-order valence-electron chi connectivity index (χ1n) is 9.42. The second-order valence-corrected chi connectivity index (χ2v) is 7.70. The molecule has 4 rings (SSSR count). The van der Waals surface area contributed by atoms with Crippen molar-refractivity contribution in [3.8, 4) is 5.75 Å². The van der Waals surface area contributed by atoms with Crippen molar-refractivity contribution >= 4 is 18.3 Å². The van der Waals surface area contributed by atoms with Gasteiger partial charge in [0.2, 0.25) is 5.91 Å². The molecule has 4 nitrogen and oxygen atoms in total. The van der Waals surface area contributed by atoms with E-state index in [1.54, 1.807) is 7.11 Å². The third kappa shape index (κ3) is 3.95. The molecule has 3 atom stereocenters. The maximum atomic E-state index is 13.0. The molecular formula is C20H29ClN2O2. The van der Waals surface area contributed by atoms with Crippen LogP contribution in [0.4, 0.5) is 0 Å². The zero-order valence-electron chi connectivity index (χ0n) is 14.9. The predicted molar refractivity (Wildman–Crippen MR) is 101 cm³/mol. The number of fused-ring (bicyclic) bond motifs is 2. The van der Waals surface area contributed by atoms with Crippen LogP contribution < -0.4 is 10.1 Å². The number of hydrogen-bond acceptors (Lipinski definition) is 3. The van der Waals surface area contributed by atoms with Crippen LogP contribution in [0.1, 0.15) is 56.6 Å². The van der Waals surface area contributed by atoms with Gasteiger partial charge in [-0.05, 0) is 62.1 Å². The molecule has 3 aliphatic heterocycles. The fourth-order valence-corrected chi connectivity index (χ4v) is 4.97. The van der Waals surface area contributed by atoms with E-state index >= 15 is 0 Å². The molecule has 2 bridgehead atoms. The molecule has 1 N–H and O–H groups in total. The maximum absolute atomic E-state index is 13.0. The van der Waals surface area contributed by atoms with Crippen LogP contribution in [0.2, 0.25) is 0 Å². The first-order chi connectivity index (χ1) is 11.7. The average Bonchev–Trinajstić information content (AvgIpc) is 3.21. The largest absolute Gasteiger partial charge is 0.497 e. The molecule has 3 saturated heterocycles. The highest BCUT2D eigenvalue weighted by atomic mass is 35.5. The minimum Gasteiger partial charge on any atom is -0.497 e. The highest BCUT2D eigenvalue weighted by Crippen LogP contribution is 2.37. The van der Waals surface area contributed by atoms with Crippen LogP contribution in [0.3, 0.4) is 0 Å². The van der Waals surface area contributed by atoms with Gasteiger partial charge in [-0.3, -0.25) is 4.79 Å². The molecule has 0 aromatic heterocycles. The van der Waals surface area contributed by atoms with E-state index in [1.807, 2.05) is 12.1 Å². The lowest BCUT2D eigenvalue weighted by atomic mass is 9.89. The summed E-state index contributed by atoms with van der Waals surface area (Å²) in [6.45, 7) is 0.901. The van der Waals surface area contributed by atoms with Crippen LogP contribution >= 0.6 is 12.4 Å². The summed E-state index contributed by atoms with van der Waals surface area (Å²) in [5, 5.41) is 3.67. The van der Waals surface area contributed by atoms with E-state index in [4.69, 9.17) is 4.74 Å².